The minimum atomic E-state index is -0.463. The molecule has 19 heavy (non-hydrogen) atoms. The Bertz CT molecular complexity index is 499. The van der Waals surface area contributed by atoms with Crippen LogP contribution >= 0.6 is 15.9 Å². The fourth-order valence-corrected chi connectivity index (χ4v) is 2.03. The molecule has 1 aliphatic heterocycles. The number of ether oxygens (including phenoxy) is 1. The highest BCUT2D eigenvalue weighted by Crippen LogP contribution is 2.28. The molecule has 1 N–H and O–H groups in total. The summed E-state index contributed by atoms with van der Waals surface area (Å²) in [6.07, 6.45) is 3.46. The van der Waals surface area contributed by atoms with Gasteiger partial charge in [0.25, 0.3) is 0 Å². The number of hydrogen-bond donors (Lipinski definition) is 1. The average molecular weight is 331 g/mol. The highest BCUT2D eigenvalue weighted by molar-refractivity contribution is 9.18. The van der Waals surface area contributed by atoms with E-state index in [-0.39, 0.29) is 16.9 Å². The van der Waals surface area contributed by atoms with Crippen molar-refractivity contribution in [2.75, 3.05) is 13.3 Å². The second-order valence-corrected chi connectivity index (χ2v) is 5.07. The van der Waals surface area contributed by atoms with Gasteiger partial charge in [-0.15, -0.1) is 0 Å². The minimum Gasteiger partial charge on any atom is -0.355 e. The number of hydrogen-bond acceptors (Lipinski definition) is 3. The second-order valence-electron chi connectivity index (χ2n) is 4.21. The monoisotopic (exact) mass is 330 g/mol. The van der Waals surface area contributed by atoms with Gasteiger partial charge < -0.3 is 9.64 Å². The van der Waals surface area contributed by atoms with Gasteiger partial charge >= 0.3 is 0 Å². The number of halogens is 3. The van der Waals surface area contributed by atoms with Crippen LogP contribution in [0.5, 0.6) is 0 Å². The maximum atomic E-state index is 13.6. The van der Waals surface area contributed by atoms with Crippen LogP contribution < -0.4 is 0 Å². The van der Waals surface area contributed by atoms with Crippen LogP contribution in [-0.2, 0) is 4.74 Å². The van der Waals surface area contributed by atoms with Crippen molar-refractivity contribution in [3.63, 3.8) is 0 Å². The van der Waals surface area contributed by atoms with E-state index in [4.69, 9.17) is 10.1 Å². The van der Waals surface area contributed by atoms with Crippen LogP contribution in [0.3, 0.4) is 0 Å². The molecule has 1 unspecified atom stereocenters. The molecule has 0 spiro atoms. The normalized spacial score (nSPS) is 19.9. The number of nitrogens with one attached hydrogen (secondary N) is 1. The first-order valence-corrected chi connectivity index (χ1v) is 6.58. The predicted octanol–water partition coefficient (Wildman–Crippen LogP) is 3.57. The summed E-state index contributed by atoms with van der Waals surface area (Å²) >= 11 is 3.01. The molecular formula is C13H13BrF2N2O. The Kier molecular flexibility index (Phi) is 4.66. The second kappa shape index (κ2) is 6.25. The van der Waals surface area contributed by atoms with Crippen LogP contribution in [0.15, 0.2) is 30.5 Å². The summed E-state index contributed by atoms with van der Waals surface area (Å²) in [5.41, 5.74) is 0.261. The molecule has 0 bridgehead atoms. The molecule has 0 aliphatic carbocycles. The van der Waals surface area contributed by atoms with Crippen LogP contribution in [0.4, 0.5) is 8.78 Å². The third-order valence-electron chi connectivity index (χ3n) is 2.86. The Balaban J connectivity index is 2.00. The van der Waals surface area contributed by atoms with Gasteiger partial charge in [0, 0.05) is 18.3 Å². The van der Waals surface area contributed by atoms with Gasteiger partial charge in [-0.05, 0) is 46.6 Å². The van der Waals surface area contributed by atoms with Crippen molar-refractivity contribution in [2.24, 2.45) is 0 Å². The zero-order valence-electron chi connectivity index (χ0n) is 10.1. The quantitative estimate of drug-likeness (QED) is 0.860. The van der Waals surface area contributed by atoms with E-state index < -0.39 is 17.7 Å². The summed E-state index contributed by atoms with van der Waals surface area (Å²) < 4.78 is 32.5. The lowest BCUT2D eigenvalue weighted by Crippen LogP contribution is -2.31. The lowest BCUT2D eigenvalue weighted by atomic mass is 10.0. The van der Waals surface area contributed by atoms with E-state index in [1.165, 1.54) is 6.07 Å². The van der Waals surface area contributed by atoms with Crippen molar-refractivity contribution in [3.05, 3.63) is 47.7 Å². The first kappa shape index (κ1) is 14.1. The Morgan fingerprint density at radius 2 is 2.26 bits per heavy atom. The molecule has 1 aliphatic rings. The molecule has 1 heterocycles. The lowest BCUT2D eigenvalue weighted by molar-refractivity contribution is -0.0520. The Morgan fingerprint density at radius 1 is 1.47 bits per heavy atom. The molecule has 0 aromatic heterocycles. The summed E-state index contributed by atoms with van der Waals surface area (Å²) in [5.74, 6) is -0.910. The minimum absolute atomic E-state index is 0.261. The van der Waals surface area contributed by atoms with Gasteiger partial charge in [-0.1, -0.05) is 0 Å². The molecule has 1 fully saturated rings. The van der Waals surface area contributed by atoms with Crippen molar-refractivity contribution in [2.45, 2.75) is 12.5 Å². The van der Waals surface area contributed by atoms with Crippen molar-refractivity contribution >= 4 is 20.6 Å². The van der Waals surface area contributed by atoms with E-state index in [0.29, 0.717) is 13.0 Å². The molecule has 0 amide bonds. The van der Waals surface area contributed by atoms with Gasteiger partial charge in [-0.25, -0.2) is 8.78 Å². The van der Waals surface area contributed by atoms with E-state index in [0.717, 1.165) is 12.1 Å². The first-order chi connectivity index (χ1) is 9.06. The highest BCUT2D eigenvalue weighted by atomic mass is 79.9. The van der Waals surface area contributed by atoms with E-state index in [1.54, 1.807) is 12.3 Å². The zero-order valence-corrected chi connectivity index (χ0v) is 11.7. The van der Waals surface area contributed by atoms with Gasteiger partial charge in [-0.2, -0.15) is 0 Å². The van der Waals surface area contributed by atoms with Gasteiger partial charge in [0.1, 0.15) is 18.4 Å². The van der Waals surface area contributed by atoms with Crippen LogP contribution in [0.25, 0.3) is 0 Å². The maximum absolute atomic E-state index is 13.6. The van der Waals surface area contributed by atoms with Gasteiger partial charge in [-0.3, -0.25) is 5.41 Å². The number of rotatable bonds is 3. The van der Waals surface area contributed by atoms with E-state index >= 15 is 0 Å². The van der Waals surface area contributed by atoms with Crippen LogP contribution in [-0.4, -0.2) is 22.8 Å². The number of benzene rings is 1. The SMILES string of the molecule is N=C(Br)/C=C\N1CCC(c2cc(F)ccc2F)OC1. The topological polar surface area (TPSA) is 36.3 Å². The first-order valence-electron chi connectivity index (χ1n) is 5.79. The Morgan fingerprint density at radius 3 is 2.89 bits per heavy atom. The third kappa shape index (κ3) is 3.84. The molecule has 0 radical (unpaired) electrons. The van der Waals surface area contributed by atoms with Gasteiger partial charge in [0.2, 0.25) is 0 Å². The molecule has 2 rings (SSSR count). The maximum Gasteiger partial charge on any atom is 0.129 e. The number of nitrogens with zero attached hydrogens (tertiary/aromatic N) is 1. The smallest absolute Gasteiger partial charge is 0.129 e. The predicted molar refractivity (Wildman–Crippen MR) is 72.2 cm³/mol. The van der Waals surface area contributed by atoms with Crippen molar-refractivity contribution in [3.8, 4) is 0 Å². The van der Waals surface area contributed by atoms with Crippen molar-refractivity contribution in [1.82, 2.24) is 4.90 Å². The van der Waals surface area contributed by atoms with Crippen molar-refractivity contribution in [1.29, 1.82) is 5.41 Å². The molecule has 1 atom stereocenters. The molecule has 102 valence electrons. The molecule has 1 aromatic carbocycles. The van der Waals surface area contributed by atoms with Crippen molar-refractivity contribution < 1.29 is 13.5 Å². The van der Waals surface area contributed by atoms with E-state index in [1.807, 2.05) is 4.90 Å². The van der Waals surface area contributed by atoms with Crippen LogP contribution in [0, 0.1) is 17.0 Å². The fourth-order valence-electron chi connectivity index (χ4n) is 1.91. The Labute approximate surface area is 118 Å². The lowest BCUT2D eigenvalue weighted by Gasteiger charge is -2.31. The number of allylic oxidation sites excluding steroid dienone is 1. The molecule has 3 nitrogen and oxygen atoms in total. The fraction of sp³-hybridized carbons (Fsp3) is 0.308. The van der Waals surface area contributed by atoms with Crippen LogP contribution in [0.2, 0.25) is 0 Å². The Hall–Kier alpha value is -1.27. The summed E-state index contributed by atoms with van der Waals surface area (Å²) in [7, 11) is 0. The summed E-state index contributed by atoms with van der Waals surface area (Å²) in [5, 5.41) is 7.21. The largest absolute Gasteiger partial charge is 0.355 e. The van der Waals surface area contributed by atoms with E-state index in [9.17, 15) is 8.78 Å². The third-order valence-corrected chi connectivity index (χ3v) is 3.12. The highest BCUT2D eigenvalue weighted by Gasteiger charge is 2.22. The zero-order chi connectivity index (χ0) is 13.8. The molecule has 0 saturated carbocycles. The van der Waals surface area contributed by atoms with Gasteiger partial charge in [0.15, 0.2) is 0 Å². The van der Waals surface area contributed by atoms with Crippen LogP contribution in [0.1, 0.15) is 18.1 Å². The molecule has 1 aromatic rings. The standard InChI is InChI=1S/C13H13BrF2N2O/c14-13(17)4-6-18-5-3-12(19-8-18)10-7-9(15)1-2-11(10)16/h1-2,4,6-7,12,17H,3,5,8H2/b6-4-,17-13?. The summed E-state index contributed by atoms with van der Waals surface area (Å²) in [4.78, 5) is 1.86. The summed E-state index contributed by atoms with van der Waals surface area (Å²) in [6, 6.07) is 3.39. The summed E-state index contributed by atoms with van der Waals surface area (Å²) in [6.45, 7) is 0.953. The van der Waals surface area contributed by atoms with E-state index in [2.05, 4.69) is 15.9 Å². The molecule has 6 heteroatoms. The molecule has 1 saturated heterocycles. The average Bonchev–Trinajstić information content (AvgIpc) is 2.40. The van der Waals surface area contributed by atoms with Gasteiger partial charge in [0.05, 0.1) is 10.7 Å². The molecular weight excluding hydrogens is 318 g/mol.